The fourth-order valence-electron chi connectivity index (χ4n) is 3.60. The third kappa shape index (κ3) is 5.41. The maximum atomic E-state index is 12.4. The molecule has 7 heteroatoms. The van der Waals surface area contributed by atoms with Crippen molar-refractivity contribution in [2.24, 2.45) is 5.92 Å². The van der Waals surface area contributed by atoms with E-state index in [1.165, 1.54) is 0 Å². The predicted octanol–water partition coefficient (Wildman–Crippen LogP) is 2.60. The Morgan fingerprint density at radius 3 is 2.54 bits per heavy atom. The number of carbonyl (C=O) groups excluding carboxylic acids is 2. The maximum Gasteiger partial charge on any atom is 0.228 e. The highest BCUT2D eigenvalue weighted by Crippen LogP contribution is 2.23. The molecule has 1 saturated heterocycles. The normalized spacial score (nSPS) is 14.9. The topological polar surface area (TPSA) is 79.5 Å². The number of amides is 2. The molecule has 2 amide bonds. The van der Waals surface area contributed by atoms with Gasteiger partial charge in [-0.15, -0.1) is 0 Å². The molecule has 1 aromatic heterocycles. The van der Waals surface area contributed by atoms with Gasteiger partial charge in [0, 0.05) is 33.1 Å². The predicted molar refractivity (Wildman–Crippen MR) is 104 cm³/mol. The quantitative estimate of drug-likeness (QED) is 0.733. The number of carbonyl (C=O) groups is 2. The van der Waals surface area contributed by atoms with E-state index in [1.54, 1.807) is 11.8 Å². The van der Waals surface area contributed by atoms with Crippen molar-refractivity contribution in [3.8, 4) is 0 Å². The van der Waals surface area contributed by atoms with E-state index in [9.17, 15) is 9.59 Å². The molecule has 150 valence electrons. The largest absolute Gasteiger partial charge is 0.342 e. The Kier molecular flexibility index (Phi) is 6.79. The van der Waals surface area contributed by atoms with Crippen molar-refractivity contribution < 1.29 is 14.2 Å². The van der Waals surface area contributed by atoms with Crippen LogP contribution in [0.5, 0.6) is 0 Å². The first-order valence-corrected chi connectivity index (χ1v) is 9.86. The molecule has 0 spiro atoms. The van der Waals surface area contributed by atoms with Crippen molar-refractivity contribution in [1.29, 1.82) is 0 Å². The molecule has 3 rings (SSSR count). The Bertz CT molecular complexity index is 782. The molecule has 0 N–H and O–H groups in total. The number of nitrogens with zero attached hydrogens (tertiary/aromatic N) is 4. The van der Waals surface area contributed by atoms with E-state index in [4.69, 9.17) is 0 Å². The van der Waals surface area contributed by atoms with Crippen molar-refractivity contribution in [3.05, 3.63) is 47.3 Å². The van der Waals surface area contributed by atoms with Crippen LogP contribution in [0.2, 0.25) is 0 Å². The Hall–Kier alpha value is -2.70. The molecular weight excluding hydrogens is 356 g/mol. The first kappa shape index (κ1) is 20.0. The summed E-state index contributed by atoms with van der Waals surface area (Å²) in [5.74, 6) is 0.737. The summed E-state index contributed by atoms with van der Waals surface area (Å²) in [6, 6.07) is 10.0. The van der Waals surface area contributed by atoms with Gasteiger partial charge in [-0.05, 0) is 37.7 Å². The number of likely N-dealkylation sites (tertiary alicyclic amines) is 1. The molecule has 7 nitrogen and oxygen atoms in total. The van der Waals surface area contributed by atoms with E-state index in [0.717, 1.165) is 37.9 Å². The van der Waals surface area contributed by atoms with Gasteiger partial charge in [-0.2, -0.15) is 0 Å². The first-order chi connectivity index (χ1) is 13.5. The second-order valence-corrected chi connectivity index (χ2v) is 7.57. The second-order valence-electron chi connectivity index (χ2n) is 7.57. The van der Waals surface area contributed by atoms with Gasteiger partial charge in [-0.25, -0.2) is 4.63 Å². The van der Waals surface area contributed by atoms with Crippen LogP contribution in [0.25, 0.3) is 0 Å². The van der Waals surface area contributed by atoms with Crippen LogP contribution in [0.3, 0.4) is 0 Å². The van der Waals surface area contributed by atoms with Gasteiger partial charge in [-0.3, -0.25) is 9.59 Å². The zero-order valence-corrected chi connectivity index (χ0v) is 16.6. The van der Waals surface area contributed by atoms with Crippen molar-refractivity contribution >= 4 is 11.8 Å². The highest BCUT2D eigenvalue weighted by Gasteiger charge is 2.25. The summed E-state index contributed by atoms with van der Waals surface area (Å²) < 4.78 is 4.65. The highest BCUT2D eigenvalue weighted by molar-refractivity contribution is 5.78. The van der Waals surface area contributed by atoms with Crippen LogP contribution in [0.15, 0.2) is 35.0 Å². The number of benzene rings is 1. The summed E-state index contributed by atoms with van der Waals surface area (Å²) in [5.41, 5.74) is 2.42. The number of aryl methyl sites for hydroxylation is 1. The fourth-order valence-corrected chi connectivity index (χ4v) is 3.60. The van der Waals surface area contributed by atoms with Crippen molar-refractivity contribution in [2.75, 3.05) is 20.1 Å². The van der Waals surface area contributed by atoms with Crippen LogP contribution in [-0.2, 0) is 22.6 Å². The summed E-state index contributed by atoms with van der Waals surface area (Å²) in [6.07, 6.45) is 3.57. The lowest BCUT2D eigenvalue weighted by atomic mass is 9.91. The summed E-state index contributed by atoms with van der Waals surface area (Å²) >= 11 is 0. The molecule has 0 saturated carbocycles. The molecule has 1 aliphatic heterocycles. The standard InChI is InChI=1S/C21H28N4O3/c1-16-19(23-28-22-16)14-21(27)25-12-10-17(11-13-25)8-9-20(26)24(2)15-18-6-4-3-5-7-18/h3-7,17H,8-15H2,1-2H3. The Morgan fingerprint density at radius 2 is 1.89 bits per heavy atom. The minimum Gasteiger partial charge on any atom is -0.342 e. The van der Waals surface area contributed by atoms with E-state index < -0.39 is 0 Å². The van der Waals surface area contributed by atoms with Gasteiger partial charge in [0.05, 0.1) is 6.42 Å². The highest BCUT2D eigenvalue weighted by atomic mass is 16.6. The van der Waals surface area contributed by atoms with Crippen LogP contribution < -0.4 is 0 Å². The van der Waals surface area contributed by atoms with Crippen LogP contribution in [0.1, 0.15) is 42.6 Å². The SMILES string of the molecule is Cc1nonc1CC(=O)N1CCC(CCC(=O)N(C)Cc2ccccc2)CC1. The molecule has 1 fully saturated rings. The summed E-state index contributed by atoms with van der Waals surface area (Å²) in [5, 5.41) is 7.50. The lowest BCUT2D eigenvalue weighted by Crippen LogP contribution is -2.39. The van der Waals surface area contributed by atoms with Gasteiger partial charge in [-0.1, -0.05) is 40.6 Å². The van der Waals surface area contributed by atoms with E-state index in [0.29, 0.717) is 30.3 Å². The van der Waals surface area contributed by atoms with Gasteiger partial charge in [0.15, 0.2) is 0 Å². The lowest BCUT2D eigenvalue weighted by molar-refractivity contribution is -0.133. The van der Waals surface area contributed by atoms with Crippen LogP contribution >= 0.6 is 0 Å². The molecule has 0 unspecified atom stereocenters. The summed E-state index contributed by atoms with van der Waals surface area (Å²) in [7, 11) is 1.86. The van der Waals surface area contributed by atoms with Crippen LogP contribution in [0, 0.1) is 12.8 Å². The zero-order valence-electron chi connectivity index (χ0n) is 16.6. The molecule has 0 radical (unpaired) electrons. The van der Waals surface area contributed by atoms with Crippen molar-refractivity contribution in [3.63, 3.8) is 0 Å². The Labute approximate surface area is 165 Å². The third-order valence-electron chi connectivity index (χ3n) is 5.49. The third-order valence-corrected chi connectivity index (χ3v) is 5.49. The van der Waals surface area contributed by atoms with E-state index in [2.05, 4.69) is 14.9 Å². The number of piperidine rings is 1. The van der Waals surface area contributed by atoms with E-state index in [1.807, 2.05) is 42.3 Å². The second kappa shape index (κ2) is 9.48. The molecule has 2 aromatic rings. The average molecular weight is 384 g/mol. The van der Waals surface area contributed by atoms with Crippen molar-refractivity contribution in [1.82, 2.24) is 20.1 Å². The fraction of sp³-hybridized carbons (Fsp3) is 0.524. The summed E-state index contributed by atoms with van der Waals surface area (Å²) in [6.45, 7) is 3.91. The minimum absolute atomic E-state index is 0.0657. The molecule has 0 atom stereocenters. The molecule has 1 aromatic carbocycles. The maximum absolute atomic E-state index is 12.4. The van der Waals surface area contributed by atoms with Gasteiger partial charge >= 0.3 is 0 Å². The Morgan fingerprint density at radius 1 is 1.18 bits per heavy atom. The molecular formula is C21H28N4O3. The molecule has 2 heterocycles. The minimum atomic E-state index is 0.0657. The van der Waals surface area contributed by atoms with Crippen molar-refractivity contribution in [2.45, 2.75) is 45.6 Å². The Balaban J connectivity index is 1.37. The zero-order chi connectivity index (χ0) is 19.9. The molecule has 1 aliphatic rings. The van der Waals surface area contributed by atoms with Crippen LogP contribution in [-0.4, -0.2) is 52.1 Å². The van der Waals surface area contributed by atoms with E-state index in [-0.39, 0.29) is 18.2 Å². The number of hydrogen-bond donors (Lipinski definition) is 0. The van der Waals surface area contributed by atoms with Crippen LogP contribution in [0.4, 0.5) is 0 Å². The van der Waals surface area contributed by atoms with Gasteiger partial charge in [0.25, 0.3) is 0 Å². The molecule has 0 bridgehead atoms. The van der Waals surface area contributed by atoms with Gasteiger partial charge in [0.2, 0.25) is 11.8 Å². The number of hydrogen-bond acceptors (Lipinski definition) is 5. The number of rotatable bonds is 7. The van der Waals surface area contributed by atoms with Gasteiger partial charge in [0.1, 0.15) is 11.4 Å². The molecule has 28 heavy (non-hydrogen) atoms. The van der Waals surface area contributed by atoms with E-state index >= 15 is 0 Å². The number of aromatic nitrogens is 2. The summed E-state index contributed by atoms with van der Waals surface area (Å²) in [4.78, 5) is 28.5. The smallest absolute Gasteiger partial charge is 0.228 e. The lowest BCUT2D eigenvalue weighted by Gasteiger charge is -2.32. The first-order valence-electron chi connectivity index (χ1n) is 9.86. The van der Waals surface area contributed by atoms with Gasteiger partial charge < -0.3 is 9.80 Å². The average Bonchev–Trinajstić information content (AvgIpc) is 3.11. The monoisotopic (exact) mass is 384 g/mol. The molecule has 0 aliphatic carbocycles.